The molecule has 1 atom stereocenters. The molecule has 0 spiro atoms. The summed E-state index contributed by atoms with van der Waals surface area (Å²) in [5.41, 5.74) is 0. The number of hydrogen-bond acceptors (Lipinski definition) is 3. The van der Waals surface area contributed by atoms with Crippen LogP contribution in [0.5, 0.6) is 0 Å². The average Bonchev–Trinajstić information content (AvgIpc) is 2.19. The van der Waals surface area contributed by atoms with Gasteiger partial charge in [-0.25, -0.2) is 4.98 Å². The predicted molar refractivity (Wildman–Crippen MR) is 63.2 cm³/mol. The molecule has 1 rings (SSSR count). The molecule has 0 aromatic carbocycles. The van der Waals surface area contributed by atoms with E-state index in [1.54, 1.807) is 18.3 Å². The van der Waals surface area contributed by atoms with E-state index in [0.717, 1.165) is 6.42 Å². The van der Waals surface area contributed by atoms with Gasteiger partial charge in [-0.3, -0.25) is 0 Å². The van der Waals surface area contributed by atoms with Crippen LogP contribution in [0, 0.1) is 5.92 Å². The largest absolute Gasteiger partial charge is 0.394 e. The van der Waals surface area contributed by atoms with Gasteiger partial charge in [-0.05, 0) is 24.5 Å². The van der Waals surface area contributed by atoms with Crippen molar-refractivity contribution in [3.05, 3.63) is 23.4 Å². The summed E-state index contributed by atoms with van der Waals surface area (Å²) in [6.07, 6.45) is 2.57. The highest BCUT2D eigenvalue weighted by molar-refractivity contribution is 6.32. The molecule has 84 valence electrons. The van der Waals surface area contributed by atoms with E-state index < -0.39 is 0 Å². The van der Waals surface area contributed by atoms with Crippen molar-refractivity contribution in [2.45, 2.75) is 26.3 Å². The van der Waals surface area contributed by atoms with E-state index >= 15 is 0 Å². The Morgan fingerprint density at radius 1 is 1.53 bits per heavy atom. The minimum Gasteiger partial charge on any atom is -0.394 e. The Morgan fingerprint density at radius 3 is 2.80 bits per heavy atom. The predicted octanol–water partition coefficient (Wildman–Crippen LogP) is 2.55. The number of anilines is 1. The first kappa shape index (κ1) is 12.3. The highest BCUT2D eigenvalue weighted by Gasteiger charge is 2.11. The zero-order valence-electron chi connectivity index (χ0n) is 9.07. The van der Waals surface area contributed by atoms with Gasteiger partial charge in [0.15, 0.2) is 0 Å². The second kappa shape index (κ2) is 5.93. The van der Waals surface area contributed by atoms with Crippen LogP contribution in [0.4, 0.5) is 5.82 Å². The zero-order chi connectivity index (χ0) is 11.3. The highest BCUT2D eigenvalue weighted by atomic mass is 35.5. The molecular weight excluding hydrogens is 212 g/mol. The van der Waals surface area contributed by atoms with Gasteiger partial charge in [0.25, 0.3) is 0 Å². The van der Waals surface area contributed by atoms with Crippen molar-refractivity contribution in [2.24, 2.45) is 5.92 Å². The van der Waals surface area contributed by atoms with E-state index in [1.165, 1.54) is 0 Å². The fraction of sp³-hybridized carbons (Fsp3) is 0.545. The van der Waals surface area contributed by atoms with Crippen LogP contribution < -0.4 is 5.32 Å². The van der Waals surface area contributed by atoms with Crippen molar-refractivity contribution in [3.63, 3.8) is 0 Å². The lowest BCUT2D eigenvalue weighted by Gasteiger charge is -2.19. The normalized spacial score (nSPS) is 12.9. The molecule has 1 unspecified atom stereocenters. The molecule has 2 N–H and O–H groups in total. The van der Waals surface area contributed by atoms with Gasteiger partial charge < -0.3 is 10.4 Å². The van der Waals surface area contributed by atoms with Gasteiger partial charge in [0, 0.05) is 6.20 Å². The van der Waals surface area contributed by atoms with Gasteiger partial charge >= 0.3 is 0 Å². The molecule has 3 nitrogen and oxygen atoms in total. The van der Waals surface area contributed by atoms with Crippen LogP contribution in [-0.2, 0) is 0 Å². The number of nitrogens with one attached hydrogen (secondary N) is 1. The highest BCUT2D eigenvalue weighted by Crippen LogP contribution is 2.19. The minimum atomic E-state index is 0.0115. The van der Waals surface area contributed by atoms with Crippen LogP contribution in [0.15, 0.2) is 18.3 Å². The van der Waals surface area contributed by atoms with Crippen LogP contribution in [0.3, 0.4) is 0 Å². The molecule has 0 bridgehead atoms. The fourth-order valence-electron chi connectivity index (χ4n) is 1.43. The maximum Gasteiger partial charge on any atom is 0.145 e. The van der Waals surface area contributed by atoms with Gasteiger partial charge in [0.05, 0.1) is 17.7 Å². The number of halogens is 1. The van der Waals surface area contributed by atoms with Crippen molar-refractivity contribution in [3.8, 4) is 0 Å². The summed E-state index contributed by atoms with van der Waals surface area (Å²) in [5.74, 6) is 1.16. The molecule has 1 heterocycles. The molecule has 1 aromatic heterocycles. The molecule has 0 amide bonds. The average molecular weight is 229 g/mol. The summed E-state index contributed by atoms with van der Waals surface area (Å²) in [4.78, 5) is 4.12. The number of aliphatic hydroxyl groups excluding tert-OH is 1. The molecule has 15 heavy (non-hydrogen) atoms. The summed E-state index contributed by atoms with van der Waals surface area (Å²) in [6.45, 7) is 4.32. The Hall–Kier alpha value is -0.800. The van der Waals surface area contributed by atoms with Gasteiger partial charge in [-0.15, -0.1) is 0 Å². The second-order valence-corrected chi connectivity index (χ2v) is 4.39. The monoisotopic (exact) mass is 228 g/mol. The van der Waals surface area contributed by atoms with Gasteiger partial charge in [0.2, 0.25) is 0 Å². The molecule has 0 aliphatic rings. The summed E-state index contributed by atoms with van der Waals surface area (Å²) in [5, 5.41) is 12.9. The van der Waals surface area contributed by atoms with Crippen LogP contribution in [0.25, 0.3) is 0 Å². The van der Waals surface area contributed by atoms with Crippen LogP contribution in [0.1, 0.15) is 20.3 Å². The van der Waals surface area contributed by atoms with Crippen molar-refractivity contribution in [1.29, 1.82) is 0 Å². The number of hydrogen-bond donors (Lipinski definition) is 2. The van der Waals surface area contributed by atoms with Crippen molar-refractivity contribution in [1.82, 2.24) is 4.98 Å². The molecule has 0 fully saturated rings. The number of pyridine rings is 1. The van der Waals surface area contributed by atoms with Crippen molar-refractivity contribution < 1.29 is 5.11 Å². The Morgan fingerprint density at radius 2 is 2.27 bits per heavy atom. The minimum absolute atomic E-state index is 0.0115. The van der Waals surface area contributed by atoms with Gasteiger partial charge in [-0.2, -0.15) is 0 Å². The Labute approximate surface area is 95.5 Å². The third-order valence-corrected chi connectivity index (χ3v) is 2.38. The molecular formula is C11H17ClN2O. The molecule has 0 aliphatic carbocycles. The zero-order valence-corrected chi connectivity index (χ0v) is 9.83. The lowest BCUT2D eigenvalue weighted by atomic mass is 10.0. The van der Waals surface area contributed by atoms with E-state index in [9.17, 15) is 5.11 Å². The summed E-state index contributed by atoms with van der Waals surface area (Å²) >= 11 is 5.96. The second-order valence-electron chi connectivity index (χ2n) is 3.99. The van der Waals surface area contributed by atoms with E-state index in [2.05, 4.69) is 24.1 Å². The molecule has 0 saturated heterocycles. The fourth-order valence-corrected chi connectivity index (χ4v) is 1.61. The quantitative estimate of drug-likeness (QED) is 0.814. The van der Waals surface area contributed by atoms with Crippen molar-refractivity contribution >= 4 is 17.4 Å². The maximum atomic E-state index is 9.19. The van der Waals surface area contributed by atoms with Gasteiger partial charge in [-0.1, -0.05) is 25.4 Å². The molecule has 1 aromatic rings. The smallest absolute Gasteiger partial charge is 0.145 e. The van der Waals surface area contributed by atoms with Crippen LogP contribution >= 0.6 is 11.6 Å². The summed E-state index contributed by atoms with van der Waals surface area (Å²) in [6, 6.07) is 3.57. The molecule has 0 radical (unpaired) electrons. The summed E-state index contributed by atoms with van der Waals surface area (Å²) in [7, 11) is 0. The molecule has 4 heteroatoms. The number of aromatic nitrogens is 1. The van der Waals surface area contributed by atoms with Crippen LogP contribution in [-0.4, -0.2) is 22.7 Å². The number of rotatable bonds is 5. The van der Waals surface area contributed by atoms with Crippen LogP contribution in [0.2, 0.25) is 5.02 Å². The Kier molecular flexibility index (Phi) is 4.85. The maximum absolute atomic E-state index is 9.19. The number of aliphatic hydroxyl groups is 1. The summed E-state index contributed by atoms with van der Waals surface area (Å²) < 4.78 is 0. The third kappa shape index (κ3) is 4.06. The van der Waals surface area contributed by atoms with E-state index in [-0.39, 0.29) is 12.6 Å². The topological polar surface area (TPSA) is 45.1 Å². The third-order valence-electron chi connectivity index (χ3n) is 2.08. The first-order valence-electron chi connectivity index (χ1n) is 5.11. The Bertz CT molecular complexity index is 304. The van der Waals surface area contributed by atoms with E-state index in [4.69, 9.17) is 11.6 Å². The SMILES string of the molecule is CC(C)CC(CO)Nc1ncccc1Cl. The standard InChI is InChI=1S/C11H17ClN2O/c1-8(2)6-9(7-15)14-11-10(12)4-3-5-13-11/h3-5,8-9,15H,6-7H2,1-2H3,(H,13,14). The first-order valence-corrected chi connectivity index (χ1v) is 5.49. The van der Waals surface area contributed by atoms with E-state index in [1.807, 2.05) is 0 Å². The number of nitrogens with zero attached hydrogens (tertiary/aromatic N) is 1. The lowest BCUT2D eigenvalue weighted by Crippen LogP contribution is -2.26. The van der Waals surface area contributed by atoms with E-state index in [0.29, 0.717) is 16.8 Å². The lowest BCUT2D eigenvalue weighted by molar-refractivity contribution is 0.259. The van der Waals surface area contributed by atoms with Crippen molar-refractivity contribution in [2.75, 3.05) is 11.9 Å². The molecule has 0 saturated carbocycles. The molecule has 0 aliphatic heterocycles. The Balaban J connectivity index is 2.62. The first-order chi connectivity index (χ1) is 7.13. The van der Waals surface area contributed by atoms with Gasteiger partial charge in [0.1, 0.15) is 5.82 Å².